The van der Waals surface area contributed by atoms with Gasteiger partial charge in [-0.3, -0.25) is 10.1 Å². The standard InChI is InChI=1S/C14H19N5OS/c1-4-15-11-7-5-6-10(16-11)13(20)17-14-19-18-12(21-14)8-9(2)3/h5-7,9H,4,8H2,1-3H3,(H,15,16)(H,17,19,20). The van der Waals surface area contributed by atoms with Gasteiger partial charge in [0.2, 0.25) is 5.13 Å². The molecule has 0 saturated heterocycles. The third-order valence-electron chi connectivity index (χ3n) is 2.61. The molecule has 0 spiro atoms. The van der Waals surface area contributed by atoms with Crippen LogP contribution in [-0.2, 0) is 6.42 Å². The molecule has 0 radical (unpaired) electrons. The lowest BCUT2D eigenvalue weighted by Gasteiger charge is -2.04. The van der Waals surface area contributed by atoms with E-state index in [2.05, 4.69) is 39.7 Å². The summed E-state index contributed by atoms with van der Waals surface area (Å²) in [5.41, 5.74) is 0.356. The topological polar surface area (TPSA) is 79.8 Å². The van der Waals surface area contributed by atoms with E-state index in [4.69, 9.17) is 0 Å². The fourth-order valence-electron chi connectivity index (χ4n) is 1.74. The lowest BCUT2D eigenvalue weighted by Crippen LogP contribution is -2.14. The molecule has 1 amide bonds. The Balaban J connectivity index is 2.03. The van der Waals surface area contributed by atoms with E-state index in [1.165, 1.54) is 11.3 Å². The third-order valence-corrected chi connectivity index (χ3v) is 3.47. The molecule has 0 aliphatic carbocycles. The number of pyridine rings is 1. The second-order valence-electron chi connectivity index (χ2n) is 4.99. The number of nitrogens with one attached hydrogen (secondary N) is 2. The van der Waals surface area contributed by atoms with Crippen LogP contribution in [0.5, 0.6) is 0 Å². The Kier molecular flexibility index (Phi) is 5.21. The van der Waals surface area contributed by atoms with Gasteiger partial charge in [-0.25, -0.2) is 4.98 Å². The summed E-state index contributed by atoms with van der Waals surface area (Å²) in [5.74, 6) is 0.921. The van der Waals surface area contributed by atoms with Crippen molar-refractivity contribution in [1.29, 1.82) is 0 Å². The smallest absolute Gasteiger partial charge is 0.276 e. The lowest BCUT2D eigenvalue weighted by molar-refractivity contribution is 0.102. The van der Waals surface area contributed by atoms with Gasteiger partial charge in [0.05, 0.1) is 0 Å². The predicted molar refractivity (Wildman–Crippen MR) is 84.8 cm³/mol. The Morgan fingerprint density at radius 2 is 2.14 bits per heavy atom. The summed E-state index contributed by atoms with van der Waals surface area (Å²) in [6, 6.07) is 5.29. The largest absolute Gasteiger partial charge is 0.370 e. The number of rotatable bonds is 6. The average Bonchev–Trinajstić information content (AvgIpc) is 2.86. The number of nitrogens with zero attached hydrogens (tertiary/aromatic N) is 3. The van der Waals surface area contributed by atoms with E-state index in [0.29, 0.717) is 22.6 Å². The summed E-state index contributed by atoms with van der Waals surface area (Å²) < 4.78 is 0. The van der Waals surface area contributed by atoms with Gasteiger partial charge in [-0.15, -0.1) is 10.2 Å². The fraction of sp³-hybridized carbons (Fsp3) is 0.429. The molecule has 0 bridgehead atoms. The maximum atomic E-state index is 12.1. The minimum absolute atomic E-state index is 0.276. The zero-order valence-corrected chi connectivity index (χ0v) is 13.2. The summed E-state index contributed by atoms with van der Waals surface area (Å²) in [6.45, 7) is 6.98. The van der Waals surface area contributed by atoms with Crippen LogP contribution in [0.1, 0.15) is 36.3 Å². The molecule has 2 aromatic heterocycles. The van der Waals surface area contributed by atoms with Crippen molar-refractivity contribution in [2.75, 3.05) is 17.2 Å². The van der Waals surface area contributed by atoms with Crippen LogP contribution in [0.4, 0.5) is 10.9 Å². The summed E-state index contributed by atoms with van der Waals surface area (Å²) in [5, 5.41) is 15.3. The first kappa shape index (κ1) is 15.4. The Bertz CT molecular complexity index is 611. The van der Waals surface area contributed by atoms with Crippen molar-refractivity contribution in [3.05, 3.63) is 28.9 Å². The van der Waals surface area contributed by atoms with E-state index in [9.17, 15) is 4.79 Å². The molecule has 0 aliphatic heterocycles. The number of amides is 1. The van der Waals surface area contributed by atoms with Crippen LogP contribution in [0.25, 0.3) is 0 Å². The summed E-state index contributed by atoms with van der Waals surface area (Å²) >= 11 is 1.40. The average molecular weight is 305 g/mol. The zero-order chi connectivity index (χ0) is 15.2. The Labute approximate surface area is 128 Å². The van der Waals surface area contributed by atoms with Gasteiger partial charge in [0.15, 0.2) is 0 Å². The first-order valence-electron chi connectivity index (χ1n) is 6.93. The molecular formula is C14H19N5OS. The number of carbonyl (C=O) groups excluding carboxylic acids is 1. The van der Waals surface area contributed by atoms with Crippen molar-refractivity contribution in [3.63, 3.8) is 0 Å². The van der Waals surface area contributed by atoms with Gasteiger partial charge in [0.25, 0.3) is 5.91 Å². The summed E-state index contributed by atoms with van der Waals surface area (Å²) in [6.07, 6.45) is 0.863. The normalized spacial score (nSPS) is 10.7. The van der Waals surface area contributed by atoms with Gasteiger partial charge in [-0.1, -0.05) is 31.3 Å². The summed E-state index contributed by atoms with van der Waals surface area (Å²) in [7, 11) is 0. The monoisotopic (exact) mass is 305 g/mol. The van der Waals surface area contributed by atoms with Gasteiger partial charge in [-0.05, 0) is 25.0 Å². The first-order chi connectivity index (χ1) is 10.1. The number of hydrogen-bond acceptors (Lipinski definition) is 6. The summed E-state index contributed by atoms with van der Waals surface area (Å²) in [4.78, 5) is 16.4. The van der Waals surface area contributed by atoms with Crippen molar-refractivity contribution < 1.29 is 4.79 Å². The Morgan fingerprint density at radius 3 is 2.86 bits per heavy atom. The molecule has 0 saturated carbocycles. The molecule has 21 heavy (non-hydrogen) atoms. The fourth-order valence-corrected chi connectivity index (χ4v) is 2.68. The highest BCUT2D eigenvalue weighted by atomic mass is 32.1. The molecule has 7 heteroatoms. The van der Waals surface area contributed by atoms with Crippen molar-refractivity contribution >= 4 is 28.2 Å². The van der Waals surface area contributed by atoms with Crippen molar-refractivity contribution in [3.8, 4) is 0 Å². The SMILES string of the molecule is CCNc1cccc(C(=O)Nc2nnc(CC(C)C)s2)n1. The molecule has 112 valence electrons. The van der Waals surface area contributed by atoms with Crippen LogP contribution in [0.15, 0.2) is 18.2 Å². The van der Waals surface area contributed by atoms with Gasteiger partial charge in [0.1, 0.15) is 16.5 Å². The van der Waals surface area contributed by atoms with Crippen LogP contribution in [0.2, 0.25) is 0 Å². The second kappa shape index (κ2) is 7.12. The van der Waals surface area contributed by atoms with Crippen LogP contribution in [-0.4, -0.2) is 27.6 Å². The van der Waals surface area contributed by atoms with Crippen LogP contribution >= 0.6 is 11.3 Å². The van der Waals surface area contributed by atoms with E-state index in [-0.39, 0.29) is 5.91 Å². The molecule has 0 atom stereocenters. The second-order valence-corrected chi connectivity index (χ2v) is 6.05. The van der Waals surface area contributed by atoms with Crippen molar-refractivity contribution in [2.24, 2.45) is 5.92 Å². The Hall–Kier alpha value is -2.02. The molecule has 2 rings (SSSR count). The maximum absolute atomic E-state index is 12.1. The first-order valence-corrected chi connectivity index (χ1v) is 7.74. The molecule has 2 N–H and O–H groups in total. The van der Waals surface area contributed by atoms with E-state index in [1.54, 1.807) is 12.1 Å². The zero-order valence-electron chi connectivity index (χ0n) is 12.4. The highest BCUT2D eigenvalue weighted by Gasteiger charge is 2.12. The third kappa shape index (κ3) is 4.49. The quantitative estimate of drug-likeness (QED) is 0.858. The molecule has 0 unspecified atom stereocenters. The molecule has 0 fully saturated rings. The molecule has 0 aromatic carbocycles. The van der Waals surface area contributed by atoms with E-state index < -0.39 is 0 Å². The van der Waals surface area contributed by atoms with Gasteiger partial charge in [-0.2, -0.15) is 0 Å². The predicted octanol–water partition coefficient (Wildman–Crippen LogP) is 2.82. The minimum atomic E-state index is -0.276. The molecular weight excluding hydrogens is 286 g/mol. The van der Waals surface area contributed by atoms with Crippen LogP contribution < -0.4 is 10.6 Å². The number of aromatic nitrogens is 3. The van der Waals surface area contributed by atoms with Gasteiger partial charge >= 0.3 is 0 Å². The van der Waals surface area contributed by atoms with Gasteiger partial charge < -0.3 is 5.32 Å². The molecule has 2 aromatic rings. The van der Waals surface area contributed by atoms with E-state index >= 15 is 0 Å². The van der Waals surface area contributed by atoms with E-state index in [0.717, 1.165) is 18.0 Å². The highest BCUT2D eigenvalue weighted by Crippen LogP contribution is 2.19. The minimum Gasteiger partial charge on any atom is -0.370 e. The number of anilines is 2. The number of hydrogen-bond donors (Lipinski definition) is 2. The lowest BCUT2D eigenvalue weighted by atomic mass is 10.1. The van der Waals surface area contributed by atoms with Crippen molar-refractivity contribution in [2.45, 2.75) is 27.2 Å². The molecule has 6 nitrogen and oxygen atoms in total. The maximum Gasteiger partial charge on any atom is 0.276 e. The van der Waals surface area contributed by atoms with E-state index in [1.807, 2.05) is 13.0 Å². The number of carbonyl (C=O) groups is 1. The molecule has 2 heterocycles. The van der Waals surface area contributed by atoms with Crippen LogP contribution in [0.3, 0.4) is 0 Å². The molecule has 0 aliphatic rings. The Morgan fingerprint density at radius 1 is 1.33 bits per heavy atom. The van der Waals surface area contributed by atoms with Gasteiger partial charge in [0, 0.05) is 13.0 Å². The van der Waals surface area contributed by atoms with Crippen LogP contribution in [0, 0.1) is 5.92 Å². The highest BCUT2D eigenvalue weighted by molar-refractivity contribution is 7.15. The van der Waals surface area contributed by atoms with Crippen molar-refractivity contribution in [1.82, 2.24) is 15.2 Å².